The molecule has 0 spiro atoms. The van der Waals surface area contributed by atoms with Gasteiger partial charge in [-0.05, 0) is 56.2 Å². The molecule has 1 aliphatic rings. The number of halogens is 5. The monoisotopic (exact) mass is 480 g/mol. The van der Waals surface area contributed by atoms with Crippen molar-refractivity contribution < 1.29 is 22.6 Å². The van der Waals surface area contributed by atoms with Crippen LogP contribution in [0.5, 0.6) is 11.5 Å². The summed E-state index contributed by atoms with van der Waals surface area (Å²) in [6.45, 7) is 9.43. The van der Waals surface area contributed by atoms with Crippen LogP contribution in [-0.2, 0) is 0 Å². The highest BCUT2D eigenvalue weighted by Gasteiger charge is 2.31. The summed E-state index contributed by atoms with van der Waals surface area (Å²) in [4.78, 5) is 2.33. The van der Waals surface area contributed by atoms with Crippen LogP contribution >= 0.6 is 24.8 Å². The Morgan fingerprint density at radius 1 is 0.774 bits per heavy atom. The zero-order valence-electron chi connectivity index (χ0n) is 17.7. The van der Waals surface area contributed by atoms with Gasteiger partial charge in [0.25, 0.3) is 0 Å². The van der Waals surface area contributed by atoms with Crippen LogP contribution in [0, 0.1) is 0 Å². The Kier molecular flexibility index (Phi) is 9.95. The minimum Gasteiger partial charge on any atom is -0.488 e. The first-order valence-electron chi connectivity index (χ1n) is 9.70. The second-order valence-corrected chi connectivity index (χ2v) is 8.09. The molecular formula is C22H29Cl2F3N2O2. The molecule has 0 aliphatic carbocycles. The van der Waals surface area contributed by atoms with E-state index >= 15 is 0 Å². The van der Waals surface area contributed by atoms with Crippen LogP contribution in [0.2, 0.25) is 0 Å². The zero-order valence-corrected chi connectivity index (χ0v) is 19.4. The third-order valence-corrected chi connectivity index (χ3v) is 4.57. The Morgan fingerprint density at radius 3 is 1.58 bits per heavy atom. The largest absolute Gasteiger partial charge is 0.573 e. The topological polar surface area (TPSA) is 33.7 Å². The minimum atomic E-state index is -4.69. The molecule has 1 fully saturated rings. The lowest BCUT2D eigenvalue weighted by molar-refractivity contribution is -0.274. The summed E-state index contributed by atoms with van der Waals surface area (Å²) >= 11 is 0. The van der Waals surface area contributed by atoms with E-state index in [1.54, 1.807) is 12.1 Å². The van der Waals surface area contributed by atoms with Gasteiger partial charge in [0, 0.05) is 26.2 Å². The maximum Gasteiger partial charge on any atom is 0.573 e. The first-order valence-corrected chi connectivity index (χ1v) is 9.70. The highest BCUT2D eigenvalue weighted by atomic mass is 35.5. The molecule has 1 heterocycles. The van der Waals surface area contributed by atoms with Crippen molar-refractivity contribution in [2.45, 2.75) is 38.8 Å². The molecule has 4 nitrogen and oxygen atoms in total. The molecule has 1 N–H and O–H groups in total. The van der Waals surface area contributed by atoms with E-state index in [-0.39, 0.29) is 42.2 Å². The second kappa shape index (κ2) is 11.3. The van der Waals surface area contributed by atoms with Crippen LogP contribution in [0.25, 0.3) is 0 Å². The number of nitrogens with zero attached hydrogens (tertiary/aromatic N) is 1. The number of piperazine rings is 1. The van der Waals surface area contributed by atoms with E-state index in [1.165, 1.54) is 12.1 Å². The van der Waals surface area contributed by atoms with Gasteiger partial charge in [-0.1, -0.05) is 24.3 Å². The van der Waals surface area contributed by atoms with E-state index in [1.807, 2.05) is 45.0 Å². The fourth-order valence-electron chi connectivity index (χ4n) is 3.48. The average Bonchev–Trinajstić information content (AvgIpc) is 2.63. The highest BCUT2D eigenvalue weighted by Crippen LogP contribution is 2.32. The molecule has 0 bridgehead atoms. The Morgan fingerprint density at radius 2 is 1.19 bits per heavy atom. The predicted molar refractivity (Wildman–Crippen MR) is 121 cm³/mol. The Hall–Kier alpha value is -1.67. The fourth-order valence-corrected chi connectivity index (χ4v) is 3.48. The molecule has 9 heteroatoms. The Labute approximate surface area is 193 Å². The number of nitrogens with one attached hydrogen (secondary N) is 1. The third kappa shape index (κ3) is 8.41. The predicted octanol–water partition coefficient (Wildman–Crippen LogP) is 5.60. The molecule has 2 aromatic carbocycles. The average molecular weight is 481 g/mol. The highest BCUT2D eigenvalue weighted by molar-refractivity contribution is 5.85. The Bertz CT molecular complexity index is 729. The molecule has 0 radical (unpaired) electrons. The van der Waals surface area contributed by atoms with Gasteiger partial charge in [-0.25, -0.2) is 0 Å². The standard InChI is InChI=1S/C22H27F3N2O2.2ClH/c1-21(2,3)28-18-8-4-16(5-9-18)20(27-14-12-26-13-15-27)17-6-10-19(11-7-17)29-22(23,24)25;;/h4-11,20,26H,12-15H2,1-3H3;2*1H/t20-;;/m0../s1. The summed E-state index contributed by atoms with van der Waals surface area (Å²) in [6.07, 6.45) is -4.69. The molecule has 174 valence electrons. The molecular weight excluding hydrogens is 452 g/mol. The van der Waals surface area contributed by atoms with Crippen molar-refractivity contribution in [2.75, 3.05) is 26.2 Å². The summed E-state index contributed by atoms with van der Waals surface area (Å²) in [5.41, 5.74) is 1.71. The maximum atomic E-state index is 12.5. The summed E-state index contributed by atoms with van der Waals surface area (Å²) in [7, 11) is 0. The van der Waals surface area contributed by atoms with E-state index in [0.717, 1.165) is 43.1 Å². The van der Waals surface area contributed by atoms with Crippen molar-refractivity contribution >= 4 is 24.8 Å². The van der Waals surface area contributed by atoms with Crippen LogP contribution in [0.1, 0.15) is 37.9 Å². The number of rotatable bonds is 5. The van der Waals surface area contributed by atoms with E-state index in [0.29, 0.717) is 0 Å². The minimum absolute atomic E-state index is 0. The molecule has 1 saturated heterocycles. The number of hydrogen-bond donors (Lipinski definition) is 1. The van der Waals surface area contributed by atoms with Crippen LogP contribution in [-0.4, -0.2) is 43.0 Å². The zero-order chi connectivity index (χ0) is 21.1. The number of alkyl halides is 3. The number of ether oxygens (including phenoxy) is 2. The van der Waals surface area contributed by atoms with Crippen LogP contribution in [0.15, 0.2) is 48.5 Å². The lowest BCUT2D eigenvalue weighted by Crippen LogP contribution is -2.45. The van der Waals surface area contributed by atoms with Crippen LogP contribution in [0.4, 0.5) is 13.2 Å². The molecule has 0 saturated carbocycles. The second-order valence-electron chi connectivity index (χ2n) is 8.09. The van der Waals surface area contributed by atoms with Crippen molar-refractivity contribution in [3.05, 3.63) is 59.7 Å². The van der Waals surface area contributed by atoms with E-state index in [4.69, 9.17) is 4.74 Å². The van der Waals surface area contributed by atoms with Crippen molar-refractivity contribution in [1.29, 1.82) is 0 Å². The van der Waals surface area contributed by atoms with Crippen molar-refractivity contribution in [3.8, 4) is 11.5 Å². The molecule has 2 aromatic rings. The normalized spacial score (nSPS) is 15.9. The summed E-state index contributed by atoms with van der Waals surface area (Å²) in [6, 6.07) is 14.0. The van der Waals surface area contributed by atoms with Crippen LogP contribution in [0.3, 0.4) is 0 Å². The van der Waals surface area contributed by atoms with E-state index < -0.39 is 6.36 Å². The quantitative estimate of drug-likeness (QED) is 0.603. The van der Waals surface area contributed by atoms with Gasteiger partial charge in [0.15, 0.2) is 0 Å². The molecule has 1 atom stereocenters. The number of benzene rings is 2. The fraction of sp³-hybridized carbons (Fsp3) is 0.455. The van der Waals surface area contributed by atoms with Gasteiger partial charge in [-0.3, -0.25) is 4.90 Å². The van der Waals surface area contributed by atoms with Gasteiger partial charge >= 0.3 is 6.36 Å². The van der Waals surface area contributed by atoms with Gasteiger partial charge in [0.2, 0.25) is 0 Å². The Balaban J connectivity index is 0.00000240. The van der Waals surface area contributed by atoms with Crippen molar-refractivity contribution in [3.63, 3.8) is 0 Å². The number of hydrogen-bond acceptors (Lipinski definition) is 4. The summed E-state index contributed by atoms with van der Waals surface area (Å²) in [5.74, 6) is 0.573. The first kappa shape index (κ1) is 27.4. The molecule has 3 rings (SSSR count). The van der Waals surface area contributed by atoms with Crippen molar-refractivity contribution in [2.24, 2.45) is 0 Å². The smallest absolute Gasteiger partial charge is 0.488 e. The summed E-state index contributed by atoms with van der Waals surface area (Å²) < 4.78 is 47.3. The molecule has 0 amide bonds. The third-order valence-electron chi connectivity index (χ3n) is 4.57. The summed E-state index contributed by atoms with van der Waals surface area (Å²) in [5, 5.41) is 3.34. The molecule has 1 aliphatic heterocycles. The van der Waals surface area contributed by atoms with Crippen LogP contribution < -0.4 is 14.8 Å². The lowest BCUT2D eigenvalue weighted by Gasteiger charge is -2.35. The molecule has 0 aromatic heterocycles. The maximum absolute atomic E-state index is 12.5. The van der Waals surface area contributed by atoms with Gasteiger partial charge in [0.05, 0.1) is 6.04 Å². The van der Waals surface area contributed by atoms with E-state index in [2.05, 4.69) is 15.0 Å². The van der Waals surface area contributed by atoms with Gasteiger partial charge < -0.3 is 14.8 Å². The molecule has 0 unspecified atom stereocenters. The van der Waals surface area contributed by atoms with Gasteiger partial charge in [-0.2, -0.15) is 0 Å². The first-order chi connectivity index (χ1) is 13.6. The lowest BCUT2D eigenvalue weighted by atomic mass is 9.96. The van der Waals surface area contributed by atoms with Crippen molar-refractivity contribution in [1.82, 2.24) is 10.2 Å². The van der Waals surface area contributed by atoms with Gasteiger partial charge in [-0.15, -0.1) is 38.0 Å². The molecule has 31 heavy (non-hydrogen) atoms. The van der Waals surface area contributed by atoms with Gasteiger partial charge in [0.1, 0.15) is 17.1 Å². The van der Waals surface area contributed by atoms with E-state index in [9.17, 15) is 13.2 Å². The SMILES string of the molecule is CC(C)(C)Oc1ccc([C@@H](c2ccc(OC(F)(F)F)cc2)N2CCNCC2)cc1.Cl.Cl.